The average Bonchev–Trinajstić information content (AvgIpc) is 1.93. The molecule has 0 spiro atoms. The van der Waals surface area contributed by atoms with Gasteiger partial charge in [0.25, 0.3) is 0 Å². The SMILES string of the molecule is C1C[SiH2]C[SiH2]C1.CC[SiH3]. The Hall–Kier alpha value is 0.651. The molecular weight excluding hydrogens is 156 g/mol. The van der Waals surface area contributed by atoms with Gasteiger partial charge in [0.05, 0.1) is 0 Å². The van der Waals surface area contributed by atoms with Gasteiger partial charge in [0.15, 0.2) is 0 Å². The standard InChI is InChI=1S/C4H12Si2.C2H8Si/c1-2-5-4-6-3-1;1-2-3/h1-6H2;2H2,1,3H3. The van der Waals surface area contributed by atoms with Crippen molar-refractivity contribution < 1.29 is 0 Å². The largest absolute Gasteiger partial charge is 0.0721 e. The lowest BCUT2D eigenvalue weighted by atomic mass is 10.6. The van der Waals surface area contributed by atoms with Gasteiger partial charge in [-0.25, -0.2) is 0 Å². The lowest BCUT2D eigenvalue weighted by Crippen LogP contribution is -2.03. The van der Waals surface area contributed by atoms with Crippen LogP contribution >= 0.6 is 0 Å². The van der Waals surface area contributed by atoms with Crippen LogP contribution in [0.25, 0.3) is 0 Å². The first-order valence-electron chi connectivity index (χ1n) is 4.41. The van der Waals surface area contributed by atoms with E-state index in [0.717, 1.165) is 0 Å². The van der Waals surface area contributed by atoms with Crippen LogP contribution in [0.3, 0.4) is 0 Å². The van der Waals surface area contributed by atoms with Gasteiger partial charge in [-0.05, 0) is 0 Å². The van der Waals surface area contributed by atoms with Crippen molar-refractivity contribution in [1.29, 1.82) is 0 Å². The highest BCUT2D eigenvalue weighted by atomic mass is 28.3. The van der Waals surface area contributed by atoms with Gasteiger partial charge in [0.1, 0.15) is 0 Å². The molecule has 0 bridgehead atoms. The molecule has 9 heavy (non-hydrogen) atoms. The summed E-state index contributed by atoms with van der Waals surface area (Å²) in [5.41, 5.74) is 1.78. The van der Waals surface area contributed by atoms with Gasteiger partial charge in [-0.3, -0.25) is 0 Å². The zero-order valence-corrected chi connectivity index (χ0v) is 11.8. The van der Waals surface area contributed by atoms with Crippen molar-refractivity contribution in [3.8, 4) is 0 Å². The van der Waals surface area contributed by atoms with Crippen molar-refractivity contribution >= 4 is 29.3 Å². The Bertz CT molecular complexity index is 32.1. The van der Waals surface area contributed by atoms with Gasteiger partial charge in [0.2, 0.25) is 0 Å². The minimum absolute atomic E-state index is 0.570. The smallest absolute Gasteiger partial charge is 0.0166 e. The minimum atomic E-state index is 0.570. The van der Waals surface area contributed by atoms with Crippen molar-refractivity contribution in [2.75, 3.05) is 0 Å². The van der Waals surface area contributed by atoms with Gasteiger partial charge in [-0.15, -0.1) is 0 Å². The fourth-order valence-electron chi connectivity index (χ4n) is 1.06. The van der Waals surface area contributed by atoms with Gasteiger partial charge < -0.3 is 0 Å². The molecule has 3 heteroatoms. The molecule has 1 saturated heterocycles. The Balaban J connectivity index is 0.000000187. The molecule has 0 amide bonds. The second-order valence-corrected chi connectivity index (χ2v) is 9.90. The highest BCUT2D eigenvalue weighted by molar-refractivity contribution is 6.57. The third-order valence-electron chi connectivity index (χ3n) is 1.50. The molecule has 1 rings (SSSR count). The first-order chi connectivity index (χ1) is 4.41. The molecule has 1 aliphatic rings. The minimum Gasteiger partial charge on any atom is -0.0721 e. The van der Waals surface area contributed by atoms with Crippen molar-refractivity contribution in [2.24, 2.45) is 0 Å². The Morgan fingerprint density at radius 3 is 1.89 bits per heavy atom. The lowest BCUT2D eigenvalue weighted by molar-refractivity contribution is 1.04. The first-order valence-corrected chi connectivity index (χ1v) is 9.83. The molecule has 0 N–H and O–H groups in total. The van der Waals surface area contributed by atoms with Crippen LogP contribution in [-0.4, -0.2) is 29.3 Å². The first kappa shape index (κ1) is 9.65. The molecule has 0 nitrogen and oxygen atoms in total. The quantitative estimate of drug-likeness (QED) is 0.446. The highest BCUT2D eigenvalue weighted by Crippen LogP contribution is 2.04. The van der Waals surface area contributed by atoms with E-state index in [1.807, 2.05) is 0 Å². The molecule has 0 radical (unpaired) electrons. The van der Waals surface area contributed by atoms with Crippen LogP contribution in [0.4, 0.5) is 0 Å². The molecule has 0 atom stereocenters. The van der Waals surface area contributed by atoms with Gasteiger partial charge >= 0.3 is 0 Å². The number of hydrogen-bond donors (Lipinski definition) is 0. The molecule has 0 aromatic carbocycles. The molecule has 0 aromatic heterocycles. The molecule has 0 aromatic rings. The highest BCUT2D eigenvalue weighted by Gasteiger charge is 1.97. The predicted molar refractivity (Wildman–Crippen MR) is 56.5 cm³/mol. The summed E-state index contributed by atoms with van der Waals surface area (Å²) in [6.45, 7) is 2.19. The fraction of sp³-hybridized carbons (Fsp3) is 1.00. The molecule has 56 valence electrons. The van der Waals surface area contributed by atoms with E-state index in [1.165, 1.54) is 16.3 Å². The van der Waals surface area contributed by atoms with E-state index in [2.05, 4.69) is 6.92 Å². The zero-order chi connectivity index (χ0) is 6.95. The van der Waals surface area contributed by atoms with Crippen molar-refractivity contribution in [2.45, 2.75) is 37.1 Å². The Kier molecular flexibility index (Phi) is 9.28. The van der Waals surface area contributed by atoms with Crippen LogP contribution in [0.15, 0.2) is 0 Å². The lowest BCUT2D eigenvalue weighted by Gasteiger charge is -2.04. The summed E-state index contributed by atoms with van der Waals surface area (Å²) in [7, 11) is 2.51. The third-order valence-corrected chi connectivity index (χ3v) is 7.50. The van der Waals surface area contributed by atoms with Crippen LogP contribution in [0.5, 0.6) is 0 Å². The molecule has 0 unspecified atom stereocenters. The van der Waals surface area contributed by atoms with E-state index < -0.39 is 0 Å². The maximum Gasteiger partial charge on any atom is 0.0166 e. The van der Waals surface area contributed by atoms with Crippen LogP contribution in [-0.2, 0) is 0 Å². The molecular formula is C6H20Si3. The summed E-state index contributed by atoms with van der Waals surface area (Å²) in [6.07, 6.45) is 1.62. The second-order valence-electron chi connectivity index (χ2n) is 2.83. The van der Waals surface area contributed by atoms with E-state index in [9.17, 15) is 0 Å². The zero-order valence-electron chi connectivity index (χ0n) is 6.95. The Labute approximate surface area is 66.9 Å². The summed E-state index contributed by atoms with van der Waals surface area (Å²) in [4.78, 5) is 0. The summed E-state index contributed by atoms with van der Waals surface area (Å²) in [5.74, 6) is 0. The van der Waals surface area contributed by atoms with E-state index in [-0.39, 0.29) is 0 Å². The topological polar surface area (TPSA) is 0 Å². The Morgan fingerprint density at radius 1 is 1.33 bits per heavy atom. The van der Waals surface area contributed by atoms with Gasteiger partial charge in [0, 0.05) is 29.3 Å². The van der Waals surface area contributed by atoms with Crippen LogP contribution in [0.1, 0.15) is 13.3 Å². The van der Waals surface area contributed by atoms with Crippen LogP contribution in [0, 0.1) is 0 Å². The molecule has 1 heterocycles. The van der Waals surface area contributed by atoms with E-state index in [4.69, 9.17) is 0 Å². The van der Waals surface area contributed by atoms with Gasteiger partial charge in [-0.2, -0.15) is 0 Å². The fourth-order valence-corrected chi connectivity index (χ4v) is 7.42. The molecule has 1 fully saturated rings. The van der Waals surface area contributed by atoms with Crippen molar-refractivity contribution in [1.82, 2.24) is 0 Å². The molecule has 0 aliphatic carbocycles. The normalized spacial score (nSPS) is 23.7. The predicted octanol–water partition coefficient (Wildman–Crippen LogP) is -0.270. The van der Waals surface area contributed by atoms with Crippen molar-refractivity contribution in [3.05, 3.63) is 0 Å². The summed E-state index contributed by atoms with van der Waals surface area (Å²) < 4.78 is 0. The summed E-state index contributed by atoms with van der Waals surface area (Å²) in [6, 6.07) is 4.74. The van der Waals surface area contributed by atoms with Crippen molar-refractivity contribution in [3.63, 3.8) is 0 Å². The maximum absolute atomic E-state index is 2.19. The summed E-state index contributed by atoms with van der Waals surface area (Å²) >= 11 is 0. The maximum atomic E-state index is 2.19. The van der Waals surface area contributed by atoms with E-state index in [0.29, 0.717) is 19.0 Å². The molecule has 1 aliphatic heterocycles. The van der Waals surface area contributed by atoms with E-state index in [1.54, 1.807) is 24.2 Å². The summed E-state index contributed by atoms with van der Waals surface area (Å²) in [5, 5.41) is 0. The average molecular weight is 176 g/mol. The second kappa shape index (κ2) is 8.65. The monoisotopic (exact) mass is 176 g/mol. The third kappa shape index (κ3) is 8.65. The van der Waals surface area contributed by atoms with Crippen LogP contribution in [0.2, 0.25) is 23.8 Å². The van der Waals surface area contributed by atoms with Crippen LogP contribution < -0.4 is 0 Å². The van der Waals surface area contributed by atoms with Gasteiger partial charge in [-0.1, -0.05) is 37.1 Å². The number of rotatable bonds is 0. The Morgan fingerprint density at radius 2 is 1.78 bits per heavy atom. The van der Waals surface area contributed by atoms with E-state index >= 15 is 0 Å². The number of hydrogen-bond acceptors (Lipinski definition) is 0. The molecule has 0 saturated carbocycles.